The number of rotatable bonds is 2. The minimum absolute atomic E-state index is 0.317. The molecule has 2 rings (SSSR count). The Morgan fingerprint density at radius 1 is 1.00 bits per heavy atom. The van der Waals surface area contributed by atoms with Crippen LogP contribution in [-0.2, 0) is 4.79 Å². The molecular formula is C15H27NO. The third-order valence-electron chi connectivity index (χ3n) is 4.68. The van der Waals surface area contributed by atoms with Crippen LogP contribution in [0.3, 0.4) is 0 Å². The molecule has 2 atom stereocenters. The molecule has 2 heteroatoms. The first-order valence-electron chi connectivity index (χ1n) is 7.29. The molecule has 0 bridgehead atoms. The third-order valence-corrected chi connectivity index (χ3v) is 4.68. The fourth-order valence-corrected chi connectivity index (χ4v) is 3.31. The Balaban J connectivity index is 1.94. The molecule has 0 aliphatic heterocycles. The number of hydrogen-bond donors (Lipinski definition) is 1. The van der Waals surface area contributed by atoms with Gasteiger partial charge < -0.3 is 5.32 Å². The maximum Gasteiger partial charge on any atom is 0.223 e. The van der Waals surface area contributed by atoms with Gasteiger partial charge in [0.15, 0.2) is 0 Å². The SMILES string of the molecule is CC(C)(C)[C@H]1CCCC[C@H]1NC(=O)C1CCC1. The second-order valence-electron chi connectivity index (χ2n) is 7.00. The minimum atomic E-state index is 0.317. The number of carbonyl (C=O) groups excluding carboxylic acids is 1. The largest absolute Gasteiger partial charge is 0.353 e. The first-order valence-corrected chi connectivity index (χ1v) is 7.29. The van der Waals surface area contributed by atoms with Crippen LogP contribution in [0.2, 0.25) is 0 Å². The summed E-state index contributed by atoms with van der Waals surface area (Å²) in [5, 5.41) is 3.34. The molecule has 2 nitrogen and oxygen atoms in total. The average molecular weight is 237 g/mol. The summed E-state index contributed by atoms with van der Waals surface area (Å²) in [6.45, 7) is 6.93. The highest BCUT2D eigenvalue weighted by Gasteiger charge is 2.36. The Labute approximate surface area is 106 Å². The summed E-state index contributed by atoms with van der Waals surface area (Å²) >= 11 is 0. The summed E-state index contributed by atoms with van der Waals surface area (Å²) in [6.07, 6.45) is 8.53. The summed E-state index contributed by atoms with van der Waals surface area (Å²) < 4.78 is 0. The molecule has 0 spiro atoms. The van der Waals surface area contributed by atoms with Gasteiger partial charge in [-0.3, -0.25) is 4.79 Å². The van der Waals surface area contributed by atoms with Crippen LogP contribution in [0.1, 0.15) is 65.7 Å². The van der Waals surface area contributed by atoms with E-state index in [2.05, 4.69) is 26.1 Å². The molecule has 0 radical (unpaired) electrons. The second-order valence-corrected chi connectivity index (χ2v) is 7.00. The van der Waals surface area contributed by atoms with Crippen molar-refractivity contribution in [1.29, 1.82) is 0 Å². The summed E-state index contributed by atoms with van der Waals surface area (Å²) in [7, 11) is 0. The highest BCUT2D eigenvalue weighted by atomic mass is 16.2. The lowest BCUT2D eigenvalue weighted by Gasteiger charge is -2.41. The molecule has 2 fully saturated rings. The van der Waals surface area contributed by atoms with Crippen LogP contribution in [0.4, 0.5) is 0 Å². The zero-order valence-electron chi connectivity index (χ0n) is 11.6. The fourth-order valence-electron chi connectivity index (χ4n) is 3.31. The van der Waals surface area contributed by atoms with Gasteiger partial charge in [-0.15, -0.1) is 0 Å². The zero-order valence-corrected chi connectivity index (χ0v) is 11.6. The zero-order chi connectivity index (χ0) is 12.5. The van der Waals surface area contributed by atoms with E-state index in [-0.39, 0.29) is 0 Å². The lowest BCUT2D eigenvalue weighted by Crippen LogP contribution is -2.49. The summed E-state index contributed by atoms with van der Waals surface area (Å²) in [4.78, 5) is 12.1. The molecule has 0 unspecified atom stereocenters. The van der Waals surface area contributed by atoms with Crippen molar-refractivity contribution < 1.29 is 4.79 Å². The van der Waals surface area contributed by atoms with Gasteiger partial charge in [0.2, 0.25) is 5.91 Å². The van der Waals surface area contributed by atoms with Crippen LogP contribution >= 0.6 is 0 Å². The predicted octanol–water partition coefficient (Wildman–Crippen LogP) is 3.51. The Hall–Kier alpha value is -0.530. The number of amides is 1. The van der Waals surface area contributed by atoms with E-state index in [0.717, 1.165) is 12.8 Å². The maximum atomic E-state index is 12.1. The van der Waals surface area contributed by atoms with Crippen LogP contribution in [0, 0.1) is 17.3 Å². The molecule has 0 aromatic heterocycles. The Bertz CT molecular complexity index is 275. The van der Waals surface area contributed by atoms with Gasteiger partial charge in [0.1, 0.15) is 0 Å². The topological polar surface area (TPSA) is 29.1 Å². The molecule has 2 aliphatic rings. The van der Waals surface area contributed by atoms with Crippen molar-refractivity contribution in [3.63, 3.8) is 0 Å². The van der Waals surface area contributed by atoms with Crippen LogP contribution in [0.25, 0.3) is 0 Å². The van der Waals surface area contributed by atoms with E-state index in [4.69, 9.17) is 0 Å². The standard InChI is InChI=1S/C15H27NO/c1-15(2,3)12-9-4-5-10-13(12)16-14(17)11-7-6-8-11/h11-13H,4-10H2,1-3H3,(H,16,17)/t12-,13+/m0/s1. The van der Waals surface area contributed by atoms with Crippen molar-refractivity contribution in [2.45, 2.75) is 71.8 Å². The summed E-state index contributed by atoms with van der Waals surface area (Å²) in [5.74, 6) is 1.32. The van der Waals surface area contributed by atoms with E-state index < -0.39 is 0 Å². The Kier molecular flexibility index (Phi) is 3.79. The van der Waals surface area contributed by atoms with E-state index in [1.165, 1.54) is 32.1 Å². The van der Waals surface area contributed by atoms with Crippen molar-refractivity contribution in [2.24, 2.45) is 17.3 Å². The van der Waals surface area contributed by atoms with Gasteiger partial charge in [-0.2, -0.15) is 0 Å². The number of hydrogen-bond acceptors (Lipinski definition) is 1. The summed E-state index contributed by atoms with van der Waals surface area (Å²) in [5.41, 5.74) is 0.317. The number of carbonyl (C=O) groups is 1. The Morgan fingerprint density at radius 3 is 2.18 bits per heavy atom. The van der Waals surface area contributed by atoms with Crippen molar-refractivity contribution >= 4 is 5.91 Å². The van der Waals surface area contributed by atoms with Gasteiger partial charge >= 0.3 is 0 Å². The molecule has 0 aromatic carbocycles. The van der Waals surface area contributed by atoms with E-state index in [0.29, 0.717) is 29.2 Å². The molecule has 1 N–H and O–H groups in total. The first kappa shape index (κ1) is 12.9. The Morgan fingerprint density at radius 2 is 1.65 bits per heavy atom. The van der Waals surface area contributed by atoms with Crippen molar-refractivity contribution in [2.75, 3.05) is 0 Å². The monoisotopic (exact) mass is 237 g/mol. The van der Waals surface area contributed by atoms with Gasteiger partial charge in [-0.25, -0.2) is 0 Å². The van der Waals surface area contributed by atoms with Gasteiger partial charge in [-0.1, -0.05) is 40.0 Å². The van der Waals surface area contributed by atoms with Crippen molar-refractivity contribution in [1.82, 2.24) is 5.32 Å². The molecule has 0 saturated heterocycles. The molecular weight excluding hydrogens is 210 g/mol. The van der Waals surface area contributed by atoms with E-state index >= 15 is 0 Å². The van der Waals surface area contributed by atoms with Gasteiger partial charge in [-0.05, 0) is 37.0 Å². The van der Waals surface area contributed by atoms with Crippen LogP contribution in [-0.4, -0.2) is 11.9 Å². The van der Waals surface area contributed by atoms with Gasteiger partial charge in [0, 0.05) is 12.0 Å². The minimum Gasteiger partial charge on any atom is -0.353 e. The van der Waals surface area contributed by atoms with Crippen LogP contribution < -0.4 is 5.32 Å². The van der Waals surface area contributed by atoms with E-state index in [1.54, 1.807) is 0 Å². The fraction of sp³-hybridized carbons (Fsp3) is 0.933. The highest BCUT2D eigenvalue weighted by Crippen LogP contribution is 2.38. The van der Waals surface area contributed by atoms with Crippen molar-refractivity contribution in [3.05, 3.63) is 0 Å². The van der Waals surface area contributed by atoms with Crippen LogP contribution in [0.5, 0.6) is 0 Å². The smallest absolute Gasteiger partial charge is 0.223 e. The molecule has 0 heterocycles. The quantitative estimate of drug-likeness (QED) is 0.782. The molecule has 2 aliphatic carbocycles. The van der Waals surface area contributed by atoms with Crippen LogP contribution in [0.15, 0.2) is 0 Å². The highest BCUT2D eigenvalue weighted by molar-refractivity contribution is 5.79. The maximum absolute atomic E-state index is 12.1. The first-order chi connectivity index (χ1) is 7.98. The summed E-state index contributed by atoms with van der Waals surface area (Å²) in [6, 6.07) is 0.428. The van der Waals surface area contributed by atoms with Crippen molar-refractivity contribution in [3.8, 4) is 0 Å². The molecule has 2 saturated carbocycles. The number of nitrogens with one attached hydrogen (secondary N) is 1. The average Bonchev–Trinajstić information content (AvgIpc) is 2.13. The molecule has 17 heavy (non-hydrogen) atoms. The second kappa shape index (κ2) is 4.99. The normalized spacial score (nSPS) is 30.8. The molecule has 0 aromatic rings. The van der Waals surface area contributed by atoms with Gasteiger partial charge in [0.25, 0.3) is 0 Å². The predicted molar refractivity (Wildman–Crippen MR) is 70.7 cm³/mol. The van der Waals surface area contributed by atoms with Gasteiger partial charge in [0.05, 0.1) is 0 Å². The third kappa shape index (κ3) is 3.02. The molecule has 98 valence electrons. The molecule has 1 amide bonds. The lowest BCUT2D eigenvalue weighted by atomic mass is 9.69. The van der Waals surface area contributed by atoms with E-state index in [9.17, 15) is 4.79 Å². The van der Waals surface area contributed by atoms with E-state index in [1.807, 2.05) is 0 Å². The lowest BCUT2D eigenvalue weighted by molar-refractivity contribution is -0.129.